The molecule has 1 aliphatic heterocycles. The Balaban J connectivity index is 1.57. The SMILES string of the molecule is C[C@@]12COCO[C@@H]1CC[C@@]1(C)[C@H]2CC[C@H]2C[C@@H]3CC21CCC3=O. The van der Waals surface area contributed by atoms with Crippen LogP contribution in [0.2, 0.25) is 0 Å². The first kappa shape index (κ1) is 14.9. The minimum Gasteiger partial charge on any atom is -0.355 e. The second-order valence-electron chi connectivity index (χ2n) is 9.67. The Morgan fingerprint density at radius 2 is 2.00 bits per heavy atom. The van der Waals surface area contributed by atoms with Gasteiger partial charge in [0, 0.05) is 17.8 Å². The minimum absolute atomic E-state index is 0.171. The molecule has 23 heavy (non-hydrogen) atoms. The van der Waals surface area contributed by atoms with Crippen LogP contribution in [0, 0.1) is 34.0 Å². The van der Waals surface area contributed by atoms with Crippen LogP contribution in [0.5, 0.6) is 0 Å². The fourth-order valence-electron chi connectivity index (χ4n) is 8.10. The fraction of sp³-hybridized carbons (Fsp3) is 0.950. The summed E-state index contributed by atoms with van der Waals surface area (Å²) < 4.78 is 11.8. The van der Waals surface area contributed by atoms with Crippen molar-refractivity contribution in [2.45, 2.75) is 71.3 Å². The van der Waals surface area contributed by atoms with Gasteiger partial charge in [0.2, 0.25) is 0 Å². The van der Waals surface area contributed by atoms with Gasteiger partial charge in [-0.3, -0.25) is 4.79 Å². The topological polar surface area (TPSA) is 35.5 Å². The molecule has 128 valence electrons. The van der Waals surface area contributed by atoms with Gasteiger partial charge in [0.25, 0.3) is 0 Å². The molecule has 3 nitrogen and oxygen atoms in total. The predicted octanol–water partition coefficient (Wildman–Crippen LogP) is 3.95. The fourth-order valence-corrected chi connectivity index (χ4v) is 8.10. The molecule has 7 atom stereocenters. The smallest absolute Gasteiger partial charge is 0.147 e. The summed E-state index contributed by atoms with van der Waals surface area (Å²) in [6.45, 7) is 6.35. The first-order valence-electron chi connectivity index (χ1n) is 9.72. The molecule has 1 heterocycles. The number of fused-ring (bicyclic) bond motifs is 4. The van der Waals surface area contributed by atoms with Crippen molar-refractivity contribution in [3.8, 4) is 0 Å². The van der Waals surface area contributed by atoms with E-state index < -0.39 is 0 Å². The standard InChI is InChI=1S/C20H30O3/c1-18-11-22-12-23-17(18)6-7-19(2)16(18)4-3-14-9-13-10-20(14,19)8-5-15(13)21/h13-14,16-17H,3-12H2,1-2H3/t13-,14+,16+,17-,18+,19+,20?/m1/s1. The van der Waals surface area contributed by atoms with E-state index in [1.807, 2.05) is 0 Å². The normalized spacial score (nSPS) is 58.3. The Labute approximate surface area is 139 Å². The van der Waals surface area contributed by atoms with Crippen LogP contribution in [0.1, 0.15) is 65.2 Å². The van der Waals surface area contributed by atoms with Crippen molar-refractivity contribution in [1.29, 1.82) is 0 Å². The minimum atomic E-state index is 0.171. The number of Topliss-reactive ketones (excluding diaryl/α,β-unsaturated/α-hetero) is 1. The van der Waals surface area contributed by atoms with Gasteiger partial charge in [0.05, 0.1) is 12.7 Å². The maximum atomic E-state index is 12.3. The number of ketones is 1. The summed E-state index contributed by atoms with van der Waals surface area (Å²) in [6.07, 6.45) is 9.86. The zero-order chi connectivity index (χ0) is 15.9. The lowest BCUT2D eigenvalue weighted by Crippen LogP contribution is -2.64. The average molecular weight is 318 g/mol. The molecule has 0 amide bonds. The van der Waals surface area contributed by atoms with Crippen molar-refractivity contribution < 1.29 is 14.3 Å². The highest BCUT2D eigenvalue weighted by molar-refractivity contribution is 5.82. The summed E-state index contributed by atoms with van der Waals surface area (Å²) in [5, 5.41) is 0. The van der Waals surface area contributed by atoms with Gasteiger partial charge in [0.15, 0.2) is 0 Å². The van der Waals surface area contributed by atoms with E-state index in [0.717, 1.165) is 25.4 Å². The van der Waals surface area contributed by atoms with E-state index in [0.29, 0.717) is 41.3 Å². The quantitative estimate of drug-likeness (QED) is 0.678. The lowest BCUT2D eigenvalue weighted by molar-refractivity contribution is -0.279. The highest BCUT2D eigenvalue weighted by Crippen LogP contribution is 2.74. The summed E-state index contributed by atoms with van der Waals surface area (Å²) in [4.78, 5) is 12.3. The van der Waals surface area contributed by atoms with Gasteiger partial charge >= 0.3 is 0 Å². The molecule has 0 aromatic carbocycles. The van der Waals surface area contributed by atoms with Gasteiger partial charge in [0.1, 0.15) is 12.6 Å². The number of ether oxygens (including phenoxy) is 2. The molecule has 0 aromatic rings. The molecule has 1 spiro atoms. The Bertz CT molecular complexity index is 545. The van der Waals surface area contributed by atoms with Crippen LogP contribution in [0.4, 0.5) is 0 Å². The Kier molecular flexibility index (Phi) is 2.98. The monoisotopic (exact) mass is 318 g/mol. The summed E-state index contributed by atoms with van der Waals surface area (Å²) >= 11 is 0. The van der Waals surface area contributed by atoms with Gasteiger partial charge < -0.3 is 9.47 Å². The van der Waals surface area contributed by atoms with Crippen molar-refractivity contribution >= 4 is 5.78 Å². The van der Waals surface area contributed by atoms with Crippen LogP contribution >= 0.6 is 0 Å². The van der Waals surface area contributed by atoms with Crippen LogP contribution < -0.4 is 0 Å². The zero-order valence-electron chi connectivity index (χ0n) is 14.6. The summed E-state index contributed by atoms with van der Waals surface area (Å²) in [6, 6.07) is 0. The maximum absolute atomic E-state index is 12.3. The molecule has 1 unspecified atom stereocenters. The second kappa shape index (κ2) is 4.60. The number of hydrogen-bond donors (Lipinski definition) is 0. The first-order valence-corrected chi connectivity index (χ1v) is 9.72. The molecule has 2 bridgehead atoms. The largest absolute Gasteiger partial charge is 0.355 e. The molecule has 5 aliphatic rings. The lowest BCUT2D eigenvalue weighted by Gasteiger charge is -2.67. The third-order valence-corrected chi connectivity index (χ3v) is 9.17. The molecule has 1 saturated heterocycles. The van der Waals surface area contributed by atoms with Crippen LogP contribution in [-0.2, 0) is 14.3 Å². The van der Waals surface area contributed by atoms with E-state index in [-0.39, 0.29) is 5.41 Å². The van der Waals surface area contributed by atoms with Crippen LogP contribution in [-0.4, -0.2) is 25.3 Å². The van der Waals surface area contributed by atoms with E-state index in [9.17, 15) is 4.79 Å². The van der Waals surface area contributed by atoms with Gasteiger partial charge in [-0.1, -0.05) is 13.8 Å². The molecule has 3 heteroatoms. The second-order valence-corrected chi connectivity index (χ2v) is 9.67. The Morgan fingerprint density at radius 3 is 2.87 bits per heavy atom. The van der Waals surface area contributed by atoms with Crippen molar-refractivity contribution in [3.05, 3.63) is 0 Å². The van der Waals surface area contributed by atoms with Gasteiger partial charge in [-0.15, -0.1) is 0 Å². The first-order chi connectivity index (χ1) is 11.0. The van der Waals surface area contributed by atoms with Gasteiger partial charge in [-0.05, 0) is 67.6 Å². The number of hydrogen-bond acceptors (Lipinski definition) is 3. The maximum Gasteiger partial charge on any atom is 0.147 e. The molecular formula is C20H30O3. The van der Waals surface area contributed by atoms with Crippen LogP contribution in [0.3, 0.4) is 0 Å². The lowest BCUT2D eigenvalue weighted by atomic mass is 9.39. The Morgan fingerprint density at radius 1 is 1.13 bits per heavy atom. The zero-order valence-corrected chi connectivity index (χ0v) is 14.6. The van der Waals surface area contributed by atoms with E-state index >= 15 is 0 Å². The molecule has 0 N–H and O–H groups in total. The number of carbonyl (C=O) groups excluding carboxylic acids is 1. The van der Waals surface area contributed by atoms with Gasteiger partial charge in [-0.25, -0.2) is 0 Å². The molecule has 5 rings (SSSR count). The molecule has 4 aliphatic carbocycles. The molecule has 4 saturated carbocycles. The summed E-state index contributed by atoms with van der Waals surface area (Å²) in [7, 11) is 0. The Hall–Kier alpha value is -0.410. The van der Waals surface area contributed by atoms with E-state index in [1.54, 1.807) is 0 Å². The molecular weight excluding hydrogens is 288 g/mol. The molecule has 0 radical (unpaired) electrons. The average Bonchev–Trinajstić information content (AvgIpc) is 2.87. The van der Waals surface area contributed by atoms with Crippen LogP contribution in [0.25, 0.3) is 0 Å². The van der Waals surface area contributed by atoms with Crippen molar-refractivity contribution in [2.75, 3.05) is 13.4 Å². The predicted molar refractivity (Wildman–Crippen MR) is 86.8 cm³/mol. The third kappa shape index (κ3) is 1.66. The highest BCUT2D eigenvalue weighted by atomic mass is 16.7. The number of rotatable bonds is 0. The highest BCUT2D eigenvalue weighted by Gasteiger charge is 2.69. The third-order valence-electron chi connectivity index (χ3n) is 9.17. The van der Waals surface area contributed by atoms with Crippen LogP contribution in [0.15, 0.2) is 0 Å². The van der Waals surface area contributed by atoms with E-state index in [4.69, 9.17) is 9.47 Å². The van der Waals surface area contributed by atoms with Crippen molar-refractivity contribution in [1.82, 2.24) is 0 Å². The molecule has 0 aromatic heterocycles. The summed E-state index contributed by atoms with van der Waals surface area (Å²) in [5.74, 6) is 2.44. The number of carbonyl (C=O) groups is 1. The summed E-state index contributed by atoms with van der Waals surface area (Å²) in [5.41, 5.74) is 0.977. The molecule has 5 fully saturated rings. The van der Waals surface area contributed by atoms with E-state index in [1.165, 1.54) is 38.5 Å². The van der Waals surface area contributed by atoms with Crippen molar-refractivity contribution in [3.63, 3.8) is 0 Å². The van der Waals surface area contributed by atoms with Crippen molar-refractivity contribution in [2.24, 2.45) is 34.0 Å². The van der Waals surface area contributed by atoms with E-state index in [2.05, 4.69) is 13.8 Å². The van der Waals surface area contributed by atoms with Gasteiger partial charge in [-0.2, -0.15) is 0 Å².